The lowest BCUT2D eigenvalue weighted by atomic mass is 10.1. The Labute approximate surface area is 149 Å². The number of sulfone groups is 1. The van der Waals surface area contributed by atoms with Crippen LogP contribution < -0.4 is 10.1 Å². The highest BCUT2D eigenvalue weighted by molar-refractivity contribution is 7.92. The molecule has 3 rings (SSSR count). The fourth-order valence-corrected chi connectivity index (χ4v) is 5.39. The van der Waals surface area contributed by atoms with Gasteiger partial charge in [-0.1, -0.05) is 12.8 Å². The van der Waals surface area contributed by atoms with Crippen molar-refractivity contribution in [2.24, 2.45) is 0 Å². The van der Waals surface area contributed by atoms with Gasteiger partial charge in [0.15, 0.2) is 9.84 Å². The minimum absolute atomic E-state index is 0.0489. The van der Waals surface area contributed by atoms with Crippen molar-refractivity contribution in [2.75, 3.05) is 20.2 Å². The Morgan fingerprint density at radius 3 is 2.24 bits per heavy atom. The molecule has 1 aromatic carbocycles. The van der Waals surface area contributed by atoms with Gasteiger partial charge >= 0.3 is 6.03 Å². The first-order chi connectivity index (χ1) is 12.0. The van der Waals surface area contributed by atoms with E-state index in [0.717, 1.165) is 12.8 Å². The number of carbonyl (C=O) groups excluding carboxylic acids is 1. The smallest absolute Gasteiger partial charge is 0.317 e. The summed E-state index contributed by atoms with van der Waals surface area (Å²) in [7, 11) is -1.82. The van der Waals surface area contributed by atoms with Crippen molar-refractivity contribution in [2.45, 2.75) is 54.7 Å². The SMILES string of the molecule is COc1ccc(S(=O)(=O)C2CCN(C(=O)NC3CCCC3)CC2)cc1. The van der Waals surface area contributed by atoms with Crippen LogP contribution in [-0.4, -0.2) is 50.8 Å². The van der Waals surface area contributed by atoms with Crippen molar-refractivity contribution in [3.8, 4) is 5.75 Å². The molecule has 1 aliphatic heterocycles. The number of carbonyl (C=O) groups is 1. The molecular weight excluding hydrogens is 340 g/mol. The van der Waals surface area contributed by atoms with Gasteiger partial charge in [-0.25, -0.2) is 13.2 Å². The Morgan fingerprint density at radius 1 is 1.08 bits per heavy atom. The standard InChI is InChI=1S/C18H26N2O4S/c1-24-15-6-8-16(9-7-15)25(22,23)17-10-12-20(13-11-17)18(21)19-14-4-2-3-5-14/h6-9,14,17H,2-5,10-13H2,1H3,(H,19,21). The van der Waals surface area contributed by atoms with Gasteiger partial charge in [-0.05, 0) is 49.9 Å². The monoisotopic (exact) mass is 366 g/mol. The van der Waals surface area contributed by atoms with Crippen LogP contribution in [-0.2, 0) is 9.84 Å². The number of urea groups is 1. The molecule has 0 radical (unpaired) electrons. The van der Waals surface area contributed by atoms with Crippen LogP contribution >= 0.6 is 0 Å². The Hall–Kier alpha value is -1.76. The molecule has 0 spiro atoms. The van der Waals surface area contributed by atoms with Gasteiger partial charge < -0.3 is 15.0 Å². The number of nitrogens with zero attached hydrogens (tertiary/aromatic N) is 1. The third kappa shape index (κ3) is 4.08. The Kier molecular flexibility index (Phi) is 5.51. The minimum Gasteiger partial charge on any atom is -0.497 e. The van der Waals surface area contributed by atoms with Gasteiger partial charge in [0.25, 0.3) is 0 Å². The van der Waals surface area contributed by atoms with E-state index in [2.05, 4.69) is 5.32 Å². The maximum Gasteiger partial charge on any atom is 0.317 e. The molecule has 1 saturated heterocycles. The average molecular weight is 366 g/mol. The second-order valence-electron chi connectivity index (χ2n) is 6.84. The number of hydrogen-bond donors (Lipinski definition) is 1. The Morgan fingerprint density at radius 2 is 1.68 bits per heavy atom. The third-order valence-electron chi connectivity index (χ3n) is 5.24. The van der Waals surface area contributed by atoms with E-state index >= 15 is 0 Å². The van der Waals surface area contributed by atoms with Gasteiger partial charge in [0.1, 0.15) is 5.75 Å². The topological polar surface area (TPSA) is 75.7 Å². The van der Waals surface area contributed by atoms with E-state index in [-0.39, 0.29) is 12.1 Å². The van der Waals surface area contributed by atoms with Crippen molar-refractivity contribution in [1.82, 2.24) is 10.2 Å². The highest BCUT2D eigenvalue weighted by atomic mass is 32.2. The van der Waals surface area contributed by atoms with E-state index in [1.54, 1.807) is 36.3 Å². The van der Waals surface area contributed by atoms with Gasteiger partial charge in [-0.15, -0.1) is 0 Å². The van der Waals surface area contributed by atoms with Crippen LogP contribution in [0.4, 0.5) is 4.79 Å². The zero-order valence-corrected chi connectivity index (χ0v) is 15.4. The van der Waals surface area contributed by atoms with Gasteiger partial charge in [-0.2, -0.15) is 0 Å². The van der Waals surface area contributed by atoms with Crippen molar-refractivity contribution in [3.63, 3.8) is 0 Å². The molecule has 0 aromatic heterocycles. The molecule has 0 bridgehead atoms. The Balaban J connectivity index is 1.57. The molecule has 25 heavy (non-hydrogen) atoms. The molecule has 6 nitrogen and oxygen atoms in total. The van der Waals surface area contributed by atoms with Crippen molar-refractivity contribution in [1.29, 1.82) is 0 Å². The van der Waals surface area contributed by atoms with Crippen LogP contribution in [0.25, 0.3) is 0 Å². The number of hydrogen-bond acceptors (Lipinski definition) is 4. The average Bonchev–Trinajstić information content (AvgIpc) is 3.15. The summed E-state index contributed by atoms with van der Waals surface area (Å²) < 4.78 is 30.6. The molecule has 2 amide bonds. The van der Waals surface area contributed by atoms with Crippen molar-refractivity contribution < 1.29 is 17.9 Å². The lowest BCUT2D eigenvalue weighted by Crippen LogP contribution is -2.49. The molecule has 2 aliphatic rings. The highest BCUT2D eigenvalue weighted by Crippen LogP contribution is 2.26. The fourth-order valence-electron chi connectivity index (χ4n) is 3.66. The third-order valence-corrected chi connectivity index (χ3v) is 7.52. The number of likely N-dealkylation sites (tertiary alicyclic amines) is 1. The normalized spacial score (nSPS) is 19.8. The van der Waals surface area contributed by atoms with Crippen LogP contribution in [0.3, 0.4) is 0 Å². The number of amides is 2. The van der Waals surface area contributed by atoms with E-state index < -0.39 is 15.1 Å². The van der Waals surface area contributed by atoms with Gasteiger partial charge in [0, 0.05) is 19.1 Å². The number of nitrogens with one attached hydrogen (secondary N) is 1. The molecule has 0 atom stereocenters. The zero-order valence-electron chi connectivity index (χ0n) is 14.6. The van der Waals surface area contributed by atoms with E-state index in [1.807, 2.05) is 0 Å². The van der Waals surface area contributed by atoms with Crippen molar-refractivity contribution in [3.05, 3.63) is 24.3 Å². The first-order valence-electron chi connectivity index (χ1n) is 8.94. The van der Waals surface area contributed by atoms with Crippen LogP contribution in [0.1, 0.15) is 38.5 Å². The first-order valence-corrected chi connectivity index (χ1v) is 10.5. The summed E-state index contributed by atoms with van der Waals surface area (Å²) in [4.78, 5) is 14.4. The molecule has 0 unspecified atom stereocenters. The quantitative estimate of drug-likeness (QED) is 0.889. The largest absolute Gasteiger partial charge is 0.497 e. The van der Waals surface area contributed by atoms with Crippen LogP contribution in [0.5, 0.6) is 5.75 Å². The zero-order chi connectivity index (χ0) is 17.9. The van der Waals surface area contributed by atoms with Crippen LogP contribution in [0, 0.1) is 0 Å². The maximum absolute atomic E-state index is 12.8. The number of ether oxygens (including phenoxy) is 1. The number of rotatable bonds is 4. The molecule has 1 aromatic rings. The summed E-state index contributed by atoms with van der Waals surface area (Å²) in [5.41, 5.74) is 0. The fraction of sp³-hybridized carbons (Fsp3) is 0.611. The minimum atomic E-state index is -3.37. The van der Waals surface area contributed by atoms with Crippen LogP contribution in [0.15, 0.2) is 29.2 Å². The lowest BCUT2D eigenvalue weighted by Gasteiger charge is -2.32. The summed E-state index contributed by atoms with van der Waals surface area (Å²) >= 11 is 0. The molecular formula is C18H26N2O4S. The molecule has 1 aliphatic carbocycles. The Bertz CT molecular complexity index is 688. The second-order valence-corrected chi connectivity index (χ2v) is 9.07. The summed E-state index contributed by atoms with van der Waals surface area (Å²) in [6.45, 7) is 0.969. The van der Waals surface area contributed by atoms with E-state index in [1.165, 1.54) is 12.8 Å². The van der Waals surface area contributed by atoms with Crippen molar-refractivity contribution >= 4 is 15.9 Å². The first kappa shape index (κ1) is 18.0. The molecule has 2 fully saturated rings. The number of piperidine rings is 1. The summed E-state index contributed by atoms with van der Waals surface area (Å²) in [6, 6.07) is 6.75. The summed E-state index contributed by atoms with van der Waals surface area (Å²) in [5.74, 6) is 0.636. The summed E-state index contributed by atoms with van der Waals surface area (Å²) in [6.07, 6.45) is 5.40. The predicted molar refractivity (Wildman–Crippen MR) is 95.6 cm³/mol. The summed E-state index contributed by atoms with van der Waals surface area (Å²) in [5, 5.41) is 2.64. The van der Waals surface area contributed by atoms with E-state index in [0.29, 0.717) is 36.6 Å². The second kappa shape index (κ2) is 7.64. The van der Waals surface area contributed by atoms with Gasteiger partial charge in [0.2, 0.25) is 0 Å². The maximum atomic E-state index is 12.8. The lowest BCUT2D eigenvalue weighted by molar-refractivity contribution is 0.183. The molecule has 1 heterocycles. The molecule has 1 saturated carbocycles. The number of methoxy groups -OCH3 is 1. The van der Waals surface area contributed by atoms with Gasteiger partial charge in [0.05, 0.1) is 17.3 Å². The van der Waals surface area contributed by atoms with Gasteiger partial charge in [-0.3, -0.25) is 0 Å². The molecule has 7 heteroatoms. The van der Waals surface area contributed by atoms with E-state index in [4.69, 9.17) is 4.74 Å². The van der Waals surface area contributed by atoms with E-state index in [9.17, 15) is 13.2 Å². The predicted octanol–water partition coefficient (Wildman–Crippen LogP) is 2.59. The van der Waals surface area contributed by atoms with Crippen LogP contribution in [0.2, 0.25) is 0 Å². The number of benzene rings is 1. The molecule has 1 N–H and O–H groups in total. The molecule has 138 valence electrons. The highest BCUT2D eigenvalue weighted by Gasteiger charge is 2.33.